The van der Waals surface area contributed by atoms with Crippen molar-refractivity contribution in [1.29, 1.82) is 0 Å². The zero-order valence-corrected chi connectivity index (χ0v) is 14.6. The van der Waals surface area contributed by atoms with Crippen LogP contribution < -0.4 is 0 Å². The molecule has 2 saturated carbocycles. The lowest BCUT2D eigenvalue weighted by Gasteiger charge is -2.60. The molecule has 3 heteroatoms. The van der Waals surface area contributed by atoms with Crippen molar-refractivity contribution in [2.45, 2.75) is 65.4 Å². The first-order valence-corrected chi connectivity index (χ1v) is 8.93. The molecule has 3 nitrogen and oxygen atoms in total. The van der Waals surface area contributed by atoms with Gasteiger partial charge in [-0.25, -0.2) is 0 Å². The normalized spacial score (nSPS) is 49.6. The molecule has 0 aromatic carbocycles. The van der Waals surface area contributed by atoms with Crippen molar-refractivity contribution in [2.75, 3.05) is 0 Å². The summed E-state index contributed by atoms with van der Waals surface area (Å²) < 4.78 is 0. The first-order valence-electron chi connectivity index (χ1n) is 8.93. The van der Waals surface area contributed by atoms with Gasteiger partial charge < -0.3 is 10.2 Å². The molecule has 2 fully saturated rings. The molecule has 2 N–H and O–H groups in total. The summed E-state index contributed by atoms with van der Waals surface area (Å²) in [6.07, 6.45) is 9.15. The van der Waals surface area contributed by atoms with E-state index < -0.39 is 17.5 Å². The molecule has 0 unspecified atom stereocenters. The van der Waals surface area contributed by atoms with Gasteiger partial charge in [-0.15, -0.1) is 6.58 Å². The van der Waals surface area contributed by atoms with Gasteiger partial charge in [-0.2, -0.15) is 0 Å². The van der Waals surface area contributed by atoms with Crippen LogP contribution in [0.15, 0.2) is 24.3 Å². The van der Waals surface area contributed by atoms with Crippen molar-refractivity contribution in [3.05, 3.63) is 24.3 Å². The Bertz CT molecular complexity index is 565. The summed E-state index contributed by atoms with van der Waals surface area (Å²) in [6.45, 7) is 10.3. The van der Waals surface area contributed by atoms with E-state index >= 15 is 0 Å². The van der Waals surface area contributed by atoms with Crippen LogP contribution in [0, 0.1) is 28.1 Å². The van der Waals surface area contributed by atoms with Crippen molar-refractivity contribution in [1.82, 2.24) is 0 Å². The smallest absolute Gasteiger partial charge is 0.309 e. The maximum atomic E-state index is 12.0. The number of carbonyl (C=O) groups is 1. The van der Waals surface area contributed by atoms with Crippen LogP contribution in [-0.4, -0.2) is 22.3 Å². The average Bonchev–Trinajstić information content (AvgIpc) is 2.46. The lowest BCUT2D eigenvalue weighted by Crippen LogP contribution is -2.59. The van der Waals surface area contributed by atoms with E-state index in [-0.39, 0.29) is 16.7 Å². The SMILES string of the molecule is C=C[C@]1(C)C=C2C[C@@H](O)[C@@H]3[C@](C)(CCC[C@@]3(C)C(=O)O)[C@H]2CC1. The van der Waals surface area contributed by atoms with Gasteiger partial charge in [0.1, 0.15) is 0 Å². The third-order valence-corrected chi connectivity index (χ3v) is 7.32. The Labute approximate surface area is 139 Å². The molecule has 0 aliphatic heterocycles. The number of aliphatic hydroxyl groups excluding tert-OH is 1. The lowest BCUT2D eigenvalue weighted by molar-refractivity contribution is -0.177. The molecule has 0 saturated heterocycles. The highest BCUT2D eigenvalue weighted by molar-refractivity contribution is 5.75. The van der Waals surface area contributed by atoms with Crippen LogP contribution in [0.2, 0.25) is 0 Å². The number of carboxylic acid groups (broad SMARTS) is 1. The van der Waals surface area contributed by atoms with E-state index in [1.54, 1.807) is 0 Å². The minimum absolute atomic E-state index is 0.0134. The highest BCUT2D eigenvalue weighted by Crippen LogP contribution is 2.63. The third kappa shape index (κ3) is 2.31. The number of rotatable bonds is 2. The second-order valence-electron chi connectivity index (χ2n) is 8.85. The molecule has 0 amide bonds. The molecular formula is C20H30O3. The van der Waals surface area contributed by atoms with E-state index in [0.717, 1.165) is 25.7 Å². The van der Waals surface area contributed by atoms with Crippen LogP contribution in [0.3, 0.4) is 0 Å². The van der Waals surface area contributed by atoms with Crippen molar-refractivity contribution >= 4 is 5.97 Å². The van der Waals surface area contributed by atoms with Gasteiger partial charge in [-0.05, 0) is 50.4 Å². The third-order valence-electron chi connectivity index (χ3n) is 7.32. The van der Waals surface area contributed by atoms with E-state index in [9.17, 15) is 15.0 Å². The summed E-state index contributed by atoms with van der Waals surface area (Å²) in [4.78, 5) is 12.0. The molecule has 6 atom stereocenters. The summed E-state index contributed by atoms with van der Waals surface area (Å²) in [5.41, 5.74) is 0.424. The van der Waals surface area contributed by atoms with Crippen molar-refractivity contribution < 1.29 is 15.0 Å². The monoisotopic (exact) mass is 318 g/mol. The molecule has 3 aliphatic carbocycles. The number of carboxylic acids is 1. The van der Waals surface area contributed by atoms with Crippen molar-refractivity contribution in [2.24, 2.45) is 28.1 Å². The number of allylic oxidation sites excluding steroid dienone is 2. The molecule has 3 aliphatic rings. The van der Waals surface area contributed by atoms with Crippen LogP contribution in [-0.2, 0) is 4.79 Å². The van der Waals surface area contributed by atoms with E-state index in [1.807, 2.05) is 13.0 Å². The number of hydrogen-bond donors (Lipinski definition) is 2. The molecular weight excluding hydrogens is 288 g/mol. The van der Waals surface area contributed by atoms with Gasteiger partial charge in [-0.3, -0.25) is 4.79 Å². The average molecular weight is 318 g/mol. The van der Waals surface area contributed by atoms with Crippen LogP contribution in [0.25, 0.3) is 0 Å². The topological polar surface area (TPSA) is 57.5 Å². The fourth-order valence-electron chi connectivity index (χ4n) is 6.08. The maximum Gasteiger partial charge on any atom is 0.309 e. The van der Waals surface area contributed by atoms with Crippen molar-refractivity contribution in [3.63, 3.8) is 0 Å². The van der Waals surface area contributed by atoms with Gasteiger partial charge in [0.2, 0.25) is 0 Å². The summed E-state index contributed by atoms with van der Waals surface area (Å²) >= 11 is 0. The summed E-state index contributed by atoms with van der Waals surface area (Å²) in [6, 6.07) is 0. The molecule has 23 heavy (non-hydrogen) atoms. The van der Waals surface area contributed by atoms with Gasteiger partial charge in [0, 0.05) is 11.3 Å². The molecule has 0 spiro atoms. The van der Waals surface area contributed by atoms with Gasteiger partial charge in [0.25, 0.3) is 0 Å². The van der Waals surface area contributed by atoms with E-state index in [1.165, 1.54) is 5.57 Å². The Morgan fingerprint density at radius 3 is 2.61 bits per heavy atom. The first-order chi connectivity index (χ1) is 10.7. The highest BCUT2D eigenvalue weighted by Gasteiger charge is 2.61. The fourth-order valence-corrected chi connectivity index (χ4v) is 6.08. The molecule has 128 valence electrons. The Morgan fingerprint density at radius 1 is 1.30 bits per heavy atom. The number of aliphatic hydroxyl groups is 1. The standard InChI is InChI=1S/C20H30O3/c1-5-18(2)10-7-14-13(12-18)11-15(21)16-19(14,3)8-6-9-20(16,4)17(22)23/h5,12,14-16,21H,1,6-11H2,2-4H3,(H,22,23)/t14-,15+,16+,18-,19+,20+/m0/s1. The van der Waals surface area contributed by atoms with E-state index in [0.29, 0.717) is 18.8 Å². The highest BCUT2D eigenvalue weighted by atomic mass is 16.4. The van der Waals surface area contributed by atoms with Gasteiger partial charge in [-0.1, -0.05) is 38.0 Å². The molecule has 0 aromatic rings. The quantitative estimate of drug-likeness (QED) is 0.751. The van der Waals surface area contributed by atoms with E-state index in [4.69, 9.17) is 0 Å². The summed E-state index contributed by atoms with van der Waals surface area (Å²) in [5.74, 6) is -0.494. The Kier molecular flexibility index (Phi) is 3.79. The predicted molar refractivity (Wildman–Crippen MR) is 90.9 cm³/mol. The first kappa shape index (κ1) is 16.8. The molecule has 0 heterocycles. The fraction of sp³-hybridized carbons (Fsp3) is 0.750. The lowest BCUT2D eigenvalue weighted by atomic mass is 9.44. The molecule has 0 radical (unpaired) electrons. The second kappa shape index (κ2) is 5.20. The number of aliphatic carboxylic acids is 1. The largest absolute Gasteiger partial charge is 0.481 e. The van der Waals surface area contributed by atoms with Crippen LogP contribution in [0.4, 0.5) is 0 Å². The molecule has 3 rings (SSSR count). The second-order valence-corrected chi connectivity index (χ2v) is 8.85. The summed E-state index contributed by atoms with van der Waals surface area (Å²) in [5, 5.41) is 20.8. The van der Waals surface area contributed by atoms with Crippen molar-refractivity contribution in [3.8, 4) is 0 Å². The minimum Gasteiger partial charge on any atom is -0.481 e. The minimum atomic E-state index is -0.808. The Balaban J connectivity index is 2.06. The number of hydrogen-bond acceptors (Lipinski definition) is 2. The van der Waals surface area contributed by atoms with Crippen LogP contribution in [0.5, 0.6) is 0 Å². The van der Waals surface area contributed by atoms with Gasteiger partial charge >= 0.3 is 5.97 Å². The Hall–Kier alpha value is -1.09. The number of fused-ring (bicyclic) bond motifs is 3. The van der Waals surface area contributed by atoms with Gasteiger partial charge in [0.15, 0.2) is 0 Å². The van der Waals surface area contributed by atoms with Gasteiger partial charge in [0.05, 0.1) is 11.5 Å². The Morgan fingerprint density at radius 2 is 2.00 bits per heavy atom. The predicted octanol–water partition coefficient (Wildman–Crippen LogP) is 4.18. The molecule has 0 aromatic heterocycles. The zero-order chi connectivity index (χ0) is 17.0. The zero-order valence-electron chi connectivity index (χ0n) is 14.6. The van der Waals surface area contributed by atoms with E-state index in [2.05, 4.69) is 26.5 Å². The van der Waals surface area contributed by atoms with Crippen LogP contribution >= 0.6 is 0 Å². The maximum absolute atomic E-state index is 12.0. The molecule has 0 bridgehead atoms. The summed E-state index contributed by atoms with van der Waals surface area (Å²) in [7, 11) is 0. The van der Waals surface area contributed by atoms with Crippen LogP contribution in [0.1, 0.15) is 59.3 Å².